The van der Waals surface area contributed by atoms with Gasteiger partial charge in [-0.05, 0) is 43.9 Å². The normalized spacial score (nSPS) is 12.3. The van der Waals surface area contributed by atoms with Gasteiger partial charge in [-0.3, -0.25) is 4.79 Å². The van der Waals surface area contributed by atoms with E-state index in [4.69, 9.17) is 15.7 Å². The van der Waals surface area contributed by atoms with Gasteiger partial charge in [-0.15, -0.1) is 0 Å². The van der Waals surface area contributed by atoms with Crippen LogP contribution in [0.4, 0.5) is 5.82 Å². The molecule has 0 radical (unpaired) electrons. The van der Waals surface area contributed by atoms with E-state index >= 15 is 0 Å². The molecule has 2 aromatic carbocycles. The molecule has 0 aliphatic rings. The van der Waals surface area contributed by atoms with Gasteiger partial charge in [0.05, 0.1) is 11.0 Å². The first-order valence-corrected chi connectivity index (χ1v) is 12.0. The molecule has 0 spiro atoms. The van der Waals surface area contributed by atoms with Gasteiger partial charge in [0, 0.05) is 12.6 Å². The molecule has 0 fully saturated rings. The molecule has 0 saturated heterocycles. The quantitative estimate of drug-likeness (QED) is 0.317. The third-order valence-corrected chi connectivity index (χ3v) is 6.14. The van der Waals surface area contributed by atoms with Gasteiger partial charge in [0.1, 0.15) is 16.9 Å². The molecular formula is C27H33N5O. The summed E-state index contributed by atoms with van der Waals surface area (Å²) in [6, 6.07) is 18.1. The first kappa shape index (κ1) is 22.8. The van der Waals surface area contributed by atoms with Crippen LogP contribution in [0.2, 0.25) is 0 Å². The fourth-order valence-electron chi connectivity index (χ4n) is 4.26. The zero-order valence-electron chi connectivity index (χ0n) is 19.6. The number of carbonyl (C=O) groups is 1. The van der Waals surface area contributed by atoms with Crippen LogP contribution < -0.4 is 11.1 Å². The molecule has 0 aliphatic carbocycles. The van der Waals surface area contributed by atoms with Crippen LogP contribution in [0.5, 0.6) is 0 Å². The summed E-state index contributed by atoms with van der Waals surface area (Å²) in [6.45, 7) is 4.95. The van der Waals surface area contributed by atoms with Crippen molar-refractivity contribution < 1.29 is 4.79 Å². The van der Waals surface area contributed by atoms with Gasteiger partial charge in [0.25, 0.3) is 5.91 Å². The number of fused-ring (bicyclic) bond motifs is 2. The molecule has 0 bridgehead atoms. The molecule has 0 unspecified atom stereocenters. The number of nitrogens with zero attached hydrogens (tertiary/aromatic N) is 3. The Morgan fingerprint density at radius 3 is 2.42 bits per heavy atom. The highest BCUT2D eigenvalue weighted by molar-refractivity contribution is 6.10. The average Bonchev–Trinajstić information content (AvgIpc) is 3.10. The predicted molar refractivity (Wildman–Crippen MR) is 135 cm³/mol. The number of aromatic nitrogens is 3. The van der Waals surface area contributed by atoms with Crippen LogP contribution in [0, 0.1) is 0 Å². The number of anilines is 1. The van der Waals surface area contributed by atoms with E-state index in [1.54, 1.807) is 0 Å². The Bertz CT molecular complexity index is 1230. The van der Waals surface area contributed by atoms with E-state index in [9.17, 15) is 4.79 Å². The summed E-state index contributed by atoms with van der Waals surface area (Å²) in [5, 5.41) is 3.14. The first-order valence-electron chi connectivity index (χ1n) is 12.0. The number of carbonyl (C=O) groups excluding carboxylic acids is 1. The molecule has 2 aromatic heterocycles. The number of para-hydroxylation sites is 2. The van der Waals surface area contributed by atoms with Crippen LogP contribution in [0.25, 0.3) is 22.2 Å². The highest BCUT2D eigenvalue weighted by atomic mass is 16.1. The van der Waals surface area contributed by atoms with Crippen LogP contribution in [-0.2, 0) is 13.0 Å². The molecule has 0 aliphatic heterocycles. The van der Waals surface area contributed by atoms with Crippen molar-refractivity contribution in [3.8, 4) is 0 Å². The van der Waals surface area contributed by atoms with Gasteiger partial charge in [0.15, 0.2) is 5.65 Å². The molecule has 2 heterocycles. The minimum atomic E-state index is -0.185. The van der Waals surface area contributed by atoms with E-state index in [1.165, 1.54) is 18.4 Å². The van der Waals surface area contributed by atoms with E-state index in [0.29, 0.717) is 22.5 Å². The van der Waals surface area contributed by atoms with Gasteiger partial charge in [0.2, 0.25) is 0 Å². The molecule has 1 atom stereocenters. The number of nitrogens with two attached hydrogens (primary N) is 1. The summed E-state index contributed by atoms with van der Waals surface area (Å²) < 4.78 is 1.97. The molecule has 6 heteroatoms. The number of benzene rings is 2. The first-order chi connectivity index (χ1) is 16.1. The van der Waals surface area contributed by atoms with Crippen LogP contribution in [0.15, 0.2) is 54.6 Å². The maximum absolute atomic E-state index is 13.4. The van der Waals surface area contributed by atoms with Crippen molar-refractivity contribution >= 4 is 33.9 Å². The zero-order valence-corrected chi connectivity index (χ0v) is 19.6. The average molecular weight is 444 g/mol. The lowest BCUT2D eigenvalue weighted by atomic mass is 10.1. The van der Waals surface area contributed by atoms with Gasteiger partial charge >= 0.3 is 0 Å². The maximum atomic E-state index is 13.4. The molecule has 3 N–H and O–H groups in total. The van der Waals surface area contributed by atoms with Crippen LogP contribution >= 0.6 is 0 Å². The number of hydrogen-bond donors (Lipinski definition) is 2. The molecule has 6 nitrogen and oxygen atoms in total. The Morgan fingerprint density at radius 1 is 1.00 bits per heavy atom. The second-order valence-electron chi connectivity index (χ2n) is 8.76. The summed E-state index contributed by atoms with van der Waals surface area (Å²) in [5.74, 6) is 0.263. The lowest BCUT2D eigenvalue weighted by molar-refractivity contribution is 0.0940. The number of aryl methyl sites for hydroxylation is 2. The number of rotatable bonds is 10. The van der Waals surface area contributed by atoms with Crippen LogP contribution in [0.3, 0.4) is 0 Å². The van der Waals surface area contributed by atoms with Crippen molar-refractivity contribution in [2.24, 2.45) is 0 Å². The van der Waals surface area contributed by atoms with E-state index in [-0.39, 0.29) is 11.9 Å². The van der Waals surface area contributed by atoms with Crippen molar-refractivity contribution in [1.29, 1.82) is 0 Å². The topological polar surface area (TPSA) is 85.8 Å². The summed E-state index contributed by atoms with van der Waals surface area (Å²) in [5.41, 5.74) is 11.1. The molecule has 33 heavy (non-hydrogen) atoms. The van der Waals surface area contributed by atoms with Gasteiger partial charge in [-0.25, -0.2) is 9.97 Å². The molecular weight excluding hydrogens is 410 g/mol. The van der Waals surface area contributed by atoms with Crippen molar-refractivity contribution in [1.82, 2.24) is 19.9 Å². The Morgan fingerprint density at radius 2 is 1.70 bits per heavy atom. The van der Waals surface area contributed by atoms with Crippen LogP contribution in [-0.4, -0.2) is 26.5 Å². The molecule has 4 aromatic rings. The predicted octanol–water partition coefficient (Wildman–Crippen LogP) is 5.50. The van der Waals surface area contributed by atoms with Gasteiger partial charge in [-0.2, -0.15) is 0 Å². The summed E-state index contributed by atoms with van der Waals surface area (Å²) in [6.07, 6.45) is 6.21. The third kappa shape index (κ3) is 5.16. The summed E-state index contributed by atoms with van der Waals surface area (Å²) >= 11 is 0. The largest absolute Gasteiger partial charge is 0.384 e. The Hall–Kier alpha value is -3.41. The highest BCUT2D eigenvalue weighted by Gasteiger charge is 2.24. The monoisotopic (exact) mass is 443 g/mol. The molecule has 0 saturated carbocycles. The minimum absolute atomic E-state index is 0.00785. The number of nitrogen functional groups attached to an aromatic ring is 1. The van der Waals surface area contributed by atoms with Gasteiger partial charge in [-0.1, -0.05) is 68.7 Å². The number of amides is 1. The highest BCUT2D eigenvalue weighted by Crippen LogP contribution is 2.28. The number of nitrogens with one attached hydrogen (secondary N) is 1. The summed E-state index contributed by atoms with van der Waals surface area (Å²) in [4.78, 5) is 23.0. The fraction of sp³-hybridized carbons (Fsp3) is 0.370. The number of hydrogen-bond acceptors (Lipinski definition) is 4. The fourth-order valence-corrected chi connectivity index (χ4v) is 4.26. The van der Waals surface area contributed by atoms with E-state index < -0.39 is 0 Å². The van der Waals surface area contributed by atoms with Gasteiger partial charge < -0.3 is 15.6 Å². The lowest BCUT2D eigenvalue weighted by Gasteiger charge is -2.14. The standard InChI is InChI=1S/C27H33N5O/c1-3-4-5-11-18-32-25(28)23(24-26(32)31-22-15-10-9-14-21(22)30-24)27(33)29-19(2)16-17-20-12-7-6-8-13-20/h6-10,12-15,19H,3-5,11,16-18,28H2,1-2H3,(H,29,33)/t19-/m0/s1. The SMILES string of the molecule is CCCCCCn1c(N)c(C(=O)N[C@@H](C)CCc2ccccc2)c2nc3ccccc3nc21. The maximum Gasteiger partial charge on any atom is 0.257 e. The Labute approximate surface area is 195 Å². The third-order valence-electron chi connectivity index (χ3n) is 6.14. The zero-order chi connectivity index (χ0) is 23.2. The van der Waals surface area contributed by atoms with E-state index in [1.807, 2.05) is 54.0 Å². The minimum Gasteiger partial charge on any atom is -0.384 e. The smallest absolute Gasteiger partial charge is 0.257 e. The molecule has 172 valence electrons. The Kier molecular flexibility index (Phi) is 7.23. The second kappa shape index (κ2) is 10.5. The van der Waals surface area contributed by atoms with E-state index in [0.717, 1.165) is 43.3 Å². The van der Waals surface area contributed by atoms with Crippen molar-refractivity contribution in [2.75, 3.05) is 5.73 Å². The van der Waals surface area contributed by atoms with Crippen molar-refractivity contribution in [2.45, 2.75) is 65.0 Å². The second-order valence-corrected chi connectivity index (χ2v) is 8.76. The van der Waals surface area contributed by atoms with Crippen molar-refractivity contribution in [3.05, 3.63) is 65.7 Å². The molecule has 1 amide bonds. The van der Waals surface area contributed by atoms with Crippen LogP contribution in [0.1, 0.15) is 61.9 Å². The Balaban J connectivity index is 1.61. The van der Waals surface area contributed by atoms with E-state index in [2.05, 4.69) is 24.4 Å². The van der Waals surface area contributed by atoms with Crippen molar-refractivity contribution in [3.63, 3.8) is 0 Å². The lowest BCUT2D eigenvalue weighted by Crippen LogP contribution is -2.33. The summed E-state index contributed by atoms with van der Waals surface area (Å²) in [7, 11) is 0. The number of unbranched alkanes of at least 4 members (excludes halogenated alkanes) is 3. The molecule has 4 rings (SSSR count).